The van der Waals surface area contributed by atoms with E-state index in [1.165, 1.54) is 11.1 Å². The maximum absolute atomic E-state index is 5.49. The number of ether oxygens (including phenoxy) is 2. The van der Waals surface area contributed by atoms with Crippen LogP contribution in [0, 0.1) is 5.92 Å². The number of rotatable bonds is 10. The third-order valence-corrected chi connectivity index (χ3v) is 3.15. The first-order valence-electron chi connectivity index (χ1n) is 7.41. The standard InChI is InChI=1S/C18H27NO2/c1-5-11-21-18-8-6-16(7-9-18)13-17(15(2)3)14-19-10-12-20-4/h5-9,13,15,19H,1,10-12,14H2,2-4H3. The summed E-state index contributed by atoms with van der Waals surface area (Å²) in [6.07, 6.45) is 3.98. The van der Waals surface area contributed by atoms with E-state index >= 15 is 0 Å². The predicted molar refractivity (Wildman–Crippen MR) is 89.7 cm³/mol. The molecule has 0 atom stereocenters. The Morgan fingerprint density at radius 1 is 1.29 bits per heavy atom. The molecule has 1 rings (SSSR count). The molecular weight excluding hydrogens is 262 g/mol. The molecule has 0 saturated carbocycles. The second-order valence-corrected chi connectivity index (χ2v) is 5.21. The Morgan fingerprint density at radius 2 is 2.00 bits per heavy atom. The van der Waals surface area contributed by atoms with Gasteiger partial charge in [-0.1, -0.05) is 50.3 Å². The molecule has 0 heterocycles. The van der Waals surface area contributed by atoms with Crippen LogP contribution in [0.2, 0.25) is 0 Å². The van der Waals surface area contributed by atoms with Crippen LogP contribution in [0.25, 0.3) is 6.08 Å². The summed E-state index contributed by atoms with van der Waals surface area (Å²) in [7, 11) is 1.72. The van der Waals surface area contributed by atoms with Crippen molar-refractivity contribution in [1.29, 1.82) is 0 Å². The lowest BCUT2D eigenvalue weighted by atomic mass is 10.00. The van der Waals surface area contributed by atoms with Crippen molar-refractivity contribution in [2.75, 3.05) is 33.4 Å². The van der Waals surface area contributed by atoms with Gasteiger partial charge in [-0.3, -0.25) is 0 Å². The van der Waals surface area contributed by atoms with Crippen LogP contribution in [0.1, 0.15) is 19.4 Å². The summed E-state index contributed by atoms with van der Waals surface area (Å²) in [4.78, 5) is 0. The van der Waals surface area contributed by atoms with Gasteiger partial charge in [-0.25, -0.2) is 0 Å². The molecule has 3 nitrogen and oxygen atoms in total. The van der Waals surface area contributed by atoms with Crippen molar-refractivity contribution >= 4 is 6.08 Å². The number of nitrogens with one attached hydrogen (secondary N) is 1. The molecule has 1 aromatic rings. The van der Waals surface area contributed by atoms with E-state index in [9.17, 15) is 0 Å². The molecule has 21 heavy (non-hydrogen) atoms. The minimum atomic E-state index is 0.511. The first kappa shape index (κ1) is 17.5. The highest BCUT2D eigenvalue weighted by molar-refractivity contribution is 5.54. The van der Waals surface area contributed by atoms with E-state index in [2.05, 4.69) is 44.0 Å². The first-order valence-corrected chi connectivity index (χ1v) is 7.41. The molecule has 3 heteroatoms. The van der Waals surface area contributed by atoms with Crippen LogP contribution in [0.3, 0.4) is 0 Å². The molecule has 116 valence electrons. The van der Waals surface area contributed by atoms with Gasteiger partial charge in [0.2, 0.25) is 0 Å². The molecule has 1 aromatic carbocycles. The van der Waals surface area contributed by atoms with Crippen molar-refractivity contribution in [1.82, 2.24) is 5.32 Å². The van der Waals surface area contributed by atoms with E-state index in [4.69, 9.17) is 9.47 Å². The van der Waals surface area contributed by atoms with E-state index in [0.29, 0.717) is 12.5 Å². The van der Waals surface area contributed by atoms with Crippen molar-refractivity contribution in [3.63, 3.8) is 0 Å². The highest BCUT2D eigenvalue weighted by atomic mass is 16.5. The van der Waals surface area contributed by atoms with Crippen molar-refractivity contribution in [3.8, 4) is 5.75 Å². The van der Waals surface area contributed by atoms with Gasteiger partial charge in [0.15, 0.2) is 0 Å². The molecule has 0 aliphatic heterocycles. The monoisotopic (exact) mass is 289 g/mol. The first-order chi connectivity index (χ1) is 10.2. The van der Waals surface area contributed by atoms with Gasteiger partial charge < -0.3 is 14.8 Å². The fraction of sp³-hybridized carbons (Fsp3) is 0.444. The van der Waals surface area contributed by atoms with Crippen molar-refractivity contribution in [3.05, 3.63) is 48.1 Å². The molecule has 0 saturated heterocycles. The minimum Gasteiger partial charge on any atom is -0.490 e. The van der Waals surface area contributed by atoms with Gasteiger partial charge in [-0.15, -0.1) is 0 Å². The average Bonchev–Trinajstić information content (AvgIpc) is 2.49. The summed E-state index contributed by atoms with van der Waals surface area (Å²) in [6, 6.07) is 8.14. The molecule has 0 fully saturated rings. The van der Waals surface area contributed by atoms with E-state index in [1.807, 2.05) is 12.1 Å². The molecule has 0 aromatic heterocycles. The topological polar surface area (TPSA) is 30.5 Å². The Bertz CT molecular complexity index is 435. The number of benzene rings is 1. The highest BCUT2D eigenvalue weighted by Crippen LogP contribution is 2.17. The molecule has 0 amide bonds. The van der Waals surface area contributed by atoms with Gasteiger partial charge in [-0.2, -0.15) is 0 Å². The zero-order valence-corrected chi connectivity index (χ0v) is 13.4. The SMILES string of the molecule is C=CCOc1ccc(C=C(CNCCOC)C(C)C)cc1. The van der Waals surface area contributed by atoms with Crippen LogP contribution in [0.5, 0.6) is 5.75 Å². The maximum Gasteiger partial charge on any atom is 0.119 e. The number of hydrogen-bond donors (Lipinski definition) is 1. The maximum atomic E-state index is 5.49. The Balaban J connectivity index is 2.64. The van der Waals surface area contributed by atoms with Crippen molar-refractivity contribution < 1.29 is 9.47 Å². The molecule has 0 radical (unpaired) electrons. The molecule has 1 N–H and O–H groups in total. The Labute approximate surface area is 128 Å². The summed E-state index contributed by atoms with van der Waals surface area (Å²) in [5.41, 5.74) is 2.57. The largest absolute Gasteiger partial charge is 0.490 e. The summed E-state index contributed by atoms with van der Waals surface area (Å²) < 4.78 is 10.5. The summed E-state index contributed by atoms with van der Waals surface area (Å²) in [5.74, 6) is 1.38. The second kappa shape index (κ2) is 10.2. The Morgan fingerprint density at radius 3 is 2.57 bits per heavy atom. The molecule has 0 aliphatic carbocycles. The lowest BCUT2D eigenvalue weighted by Gasteiger charge is -2.13. The van der Waals surface area contributed by atoms with Crippen LogP contribution < -0.4 is 10.1 Å². The molecule has 0 bridgehead atoms. The molecular formula is C18H27NO2. The van der Waals surface area contributed by atoms with Gasteiger partial charge in [0.25, 0.3) is 0 Å². The highest BCUT2D eigenvalue weighted by Gasteiger charge is 2.03. The van der Waals surface area contributed by atoms with E-state index < -0.39 is 0 Å². The number of methoxy groups -OCH3 is 1. The van der Waals surface area contributed by atoms with Crippen molar-refractivity contribution in [2.45, 2.75) is 13.8 Å². The van der Waals surface area contributed by atoms with Crippen LogP contribution in [-0.2, 0) is 4.74 Å². The van der Waals surface area contributed by atoms with Crippen LogP contribution in [0.15, 0.2) is 42.5 Å². The Hall–Kier alpha value is -1.58. The normalized spacial score (nSPS) is 11.7. The lowest BCUT2D eigenvalue weighted by molar-refractivity contribution is 0.200. The quantitative estimate of drug-likeness (QED) is 0.528. The molecule has 0 aliphatic rings. The van der Waals surface area contributed by atoms with Gasteiger partial charge in [0.05, 0.1) is 6.61 Å². The van der Waals surface area contributed by atoms with Crippen LogP contribution in [-0.4, -0.2) is 33.4 Å². The van der Waals surface area contributed by atoms with Crippen LogP contribution >= 0.6 is 0 Å². The molecule has 0 spiro atoms. The van der Waals surface area contributed by atoms with Gasteiger partial charge >= 0.3 is 0 Å². The van der Waals surface area contributed by atoms with E-state index in [-0.39, 0.29) is 0 Å². The van der Waals surface area contributed by atoms with Crippen LogP contribution in [0.4, 0.5) is 0 Å². The average molecular weight is 289 g/mol. The smallest absolute Gasteiger partial charge is 0.119 e. The zero-order valence-electron chi connectivity index (χ0n) is 13.4. The fourth-order valence-electron chi connectivity index (χ4n) is 1.86. The number of hydrogen-bond acceptors (Lipinski definition) is 3. The van der Waals surface area contributed by atoms with Gasteiger partial charge in [-0.05, 0) is 23.6 Å². The van der Waals surface area contributed by atoms with E-state index in [1.54, 1.807) is 13.2 Å². The fourth-order valence-corrected chi connectivity index (χ4v) is 1.86. The summed E-state index contributed by atoms with van der Waals surface area (Å²) >= 11 is 0. The predicted octanol–water partition coefficient (Wildman–Crippen LogP) is 3.53. The third-order valence-electron chi connectivity index (χ3n) is 3.15. The minimum absolute atomic E-state index is 0.511. The molecule has 0 unspecified atom stereocenters. The summed E-state index contributed by atoms with van der Waals surface area (Å²) in [6.45, 7) is 11.1. The van der Waals surface area contributed by atoms with E-state index in [0.717, 1.165) is 25.4 Å². The van der Waals surface area contributed by atoms with Gasteiger partial charge in [0, 0.05) is 20.2 Å². The second-order valence-electron chi connectivity index (χ2n) is 5.21. The van der Waals surface area contributed by atoms with Gasteiger partial charge in [0.1, 0.15) is 12.4 Å². The van der Waals surface area contributed by atoms with Crippen molar-refractivity contribution in [2.24, 2.45) is 5.92 Å². The Kier molecular flexibility index (Phi) is 8.48. The summed E-state index contributed by atoms with van der Waals surface area (Å²) in [5, 5.41) is 3.40. The zero-order chi connectivity index (χ0) is 15.5. The lowest BCUT2D eigenvalue weighted by Crippen LogP contribution is -2.23. The third kappa shape index (κ3) is 7.11.